The van der Waals surface area contributed by atoms with Crippen molar-refractivity contribution in [3.63, 3.8) is 0 Å². The van der Waals surface area contributed by atoms with Gasteiger partial charge in [-0.15, -0.1) is 0 Å². The van der Waals surface area contributed by atoms with Gasteiger partial charge in [0.15, 0.2) is 0 Å². The molecule has 0 radical (unpaired) electrons. The van der Waals surface area contributed by atoms with Crippen LogP contribution in [0.15, 0.2) is 53.3 Å². The molecule has 0 atom stereocenters. The maximum absolute atomic E-state index is 12.6. The fraction of sp³-hybridized carbons (Fsp3) is 0.0526. The van der Waals surface area contributed by atoms with Crippen LogP contribution in [0.4, 0.5) is 17.1 Å². The Kier molecular flexibility index (Phi) is 5.33. The van der Waals surface area contributed by atoms with Crippen LogP contribution in [0, 0.1) is 16.7 Å². The molecule has 0 unspecified atom stereocenters. The van der Waals surface area contributed by atoms with Crippen molar-refractivity contribution >= 4 is 45.1 Å². The molecule has 1 heterocycles. The van der Waals surface area contributed by atoms with Gasteiger partial charge in [-0.1, -0.05) is 6.07 Å². The van der Waals surface area contributed by atoms with Gasteiger partial charge in [-0.3, -0.25) is 9.48 Å². The van der Waals surface area contributed by atoms with Crippen LogP contribution in [-0.2, 0) is 7.05 Å². The number of anilines is 3. The molecule has 1 amide bonds. The Morgan fingerprint density at radius 3 is 2.81 bits per heavy atom. The Balaban J connectivity index is 1.87. The number of benzene rings is 2. The molecule has 3 aromatic rings. The van der Waals surface area contributed by atoms with Crippen LogP contribution in [0.25, 0.3) is 0 Å². The van der Waals surface area contributed by atoms with E-state index in [9.17, 15) is 4.79 Å². The third-order valence-corrected chi connectivity index (χ3v) is 4.67. The molecule has 0 bridgehead atoms. The maximum atomic E-state index is 12.6. The van der Waals surface area contributed by atoms with E-state index in [0.717, 1.165) is 5.69 Å². The molecule has 3 rings (SSSR count). The number of nitrogens with one attached hydrogen (secondary N) is 3. The third kappa shape index (κ3) is 4.04. The molecule has 3 N–H and O–H groups in total. The molecule has 0 aliphatic heterocycles. The van der Waals surface area contributed by atoms with Crippen LogP contribution < -0.4 is 10.6 Å². The van der Waals surface area contributed by atoms with Crippen LogP contribution in [-0.4, -0.2) is 21.9 Å². The van der Waals surface area contributed by atoms with Crippen LogP contribution in [0.5, 0.6) is 0 Å². The second-order valence-corrected chi connectivity index (χ2v) is 6.50. The number of carbonyl (C=O) groups excluding carboxylic acids is 1. The lowest BCUT2D eigenvalue weighted by Crippen LogP contribution is -2.13. The summed E-state index contributed by atoms with van der Waals surface area (Å²) in [5.41, 5.74) is 3.43. The normalized spacial score (nSPS) is 10.1. The fourth-order valence-corrected chi connectivity index (χ4v) is 3.03. The van der Waals surface area contributed by atoms with E-state index in [1.807, 2.05) is 19.3 Å². The summed E-state index contributed by atoms with van der Waals surface area (Å²) in [4.78, 5) is 12.6. The number of nitriles is 1. The SMILES string of the molecule is Cn1cc(Nc2cc(NC(=O)c3cccc(C#N)c3Br)ccc2C=N)cn1. The van der Waals surface area contributed by atoms with Gasteiger partial charge in [0.1, 0.15) is 6.07 Å². The van der Waals surface area contributed by atoms with E-state index in [1.165, 1.54) is 6.21 Å². The minimum absolute atomic E-state index is 0.339. The summed E-state index contributed by atoms with van der Waals surface area (Å²) >= 11 is 3.30. The Labute approximate surface area is 164 Å². The zero-order chi connectivity index (χ0) is 19.4. The Morgan fingerprint density at radius 1 is 1.33 bits per heavy atom. The first kappa shape index (κ1) is 18.4. The smallest absolute Gasteiger partial charge is 0.256 e. The molecule has 134 valence electrons. The van der Waals surface area contributed by atoms with Crippen molar-refractivity contribution in [2.75, 3.05) is 10.6 Å². The number of rotatable bonds is 5. The van der Waals surface area contributed by atoms with Crippen molar-refractivity contribution < 1.29 is 4.79 Å². The highest BCUT2D eigenvalue weighted by molar-refractivity contribution is 9.10. The minimum atomic E-state index is -0.339. The molecule has 0 aliphatic rings. The molecular weight excluding hydrogens is 408 g/mol. The predicted molar refractivity (Wildman–Crippen MR) is 108 cm³/mol. The second kappa shape index (κ2) is 7.85. The maximum Gasteiger partial charge on any atom is 0.256 e. The molecule has 0 fully saturated rings. The Hall–Kier alpha value is -3.44. The number of halogens is 1. The minimum Gasteiger partial charge on any atom is -0.352 e. The average Bonchev–Trinajstić information content (AvgIpc) is 3.07. The van der Waals surface area contributed by atoms with E-state index in [0.29, 0.717) is 32.5 Å². The third-order valence-electron chi connectivity index (χ3n) is 3.81. The van der Waals surface area contributed by atoms with Crippen molar-refractivity contribution in [2.24, 2.45) is 7.05 Å². The highest BCUT2D eigenvalue weighted by atomic mass is 79.9. The number of nitrogens with zero attached hydrogens (tertiary/aromatic N) is 3. The predicted octanol–water partition coefficient (Wildman–Crippen LogP) is 4.05. The molecule has 0 saturated carbocycles. The molecule has 1 aromatic heterocycles. The van der Waals surface area contributed by atoms with Gasteiger partial charge in [-0.2, -0.15) is 10.4 Å². The highest BCUT2D eigenvalue weighted by Gasteiger charge is 2.14. The largest absolute Gasteiger partial charge is 0.352 e. The van der Waals surface area contributed by atoms with E-state index in [1.54, 1.807) is 47.3 Å². The topological polar surface area (TPSA) is 107 Å². The van der Waals surface area contributed by atoms with Crippen molar-refractivity contribution in [1.29, 1.82) is 10.7 Å². The van der Waals surface area contributed by atoms with Crippen LogP contribution in [0.2, 0.25) is 0 Å². The summed E-state index contributed by atoms with van der Waals surface area (Å²) in [5, 5.41) is 26.8. The van der Waals surface area contributed by atoms with Crippen LogP contribution >= 0.6 is 15.9 Å². The summed E-state index contributed by atoms with van der Waals surface area (Å²) in [6.45, 7) is 0. The standard InChI is InChI=1S/C19H15BrN6O/c1-26-11-15(10-23-26)24-17-7-14(6-5-12(17)8-21)25-19(27)16-4-2-3-13(9-22)18(16)20/h2-8,10-11,21,24H,1H3,(H,25,27). The Morgan fingerprint density at radius 2 is 2.15 bits per heavy atom. The number of aryl methyl sites for hydroxylation is 1. The van der Waals surface area contributed by atoms with Gasteiger partial charge in [0, 0.05) is 40.9 Å². The molecule has 8 heteroatoms. The zero-order valence-corrected chi connectivity index (χ0v) is 15.9. The number of hydrogen-bond donors (Lipinski definition) is 3. The van der Waals surface area contributed by atoms with E-state index in [2.05, 4.69) is 31.7 Å². The van der Waals surface area contributed by atoms with Gasteiger partial charge in [0.25, 0.3) is 5.91 Å². The average molecular weight is 423 g/mol. The molecule has 0 aliphatic carbocycles. The zero-order valence-electron chi connectivity index (χ0n) is 14.3. The highest BCUT2D eigenvalue weighted by Crippen LogP contribution is 2.26. The van der Waals surface area contributed by atoms with Crippen LogP contribution in [0.3, 0.4) is 0 Å². The first-order valence-corrected chi connectivity index (χ1v) is 8.71. The summed E-state index contributed by atoms with van der Waals surface area (Å²) in [7, 11) is 1.81. The van der Waals surface area contributed by atoms with Crippen molar-refractivity contribution in [3.05, 3.63) is 70.0 Å². The van der Waals surface area contributed by atoms with Crippen molar-refractivity contribution in [1.82, 2.24) is 9.78 Å². The van der Waals surface area contributed by atoms with Crippen molar-refractivity contribution in [2.45, 2.75) is 0 Å². The first-order valence-electron chi connectivity index (χ1n) is 7.92. The van der Waals surface area contributed by atoms with Gasteiger partial charge in [-0.05, 0) is 46.3 Å². The molecule has 7 nitrogen and oxygen atoms in total. The first-order chi connectivity index (χ1) is 13.0. The monoisotopic (exact) mass is 422 g/mol. The van der Waals surface area contributed by atoms with E-state index in [-0.39, 0.29) is 5.91 Å². The van der Waals surface area contributed by atoms with E-state index < -0.39 is 0 Å². The summed E-state index contributed by atoms with van der Waals surface area (Å²) in [5.74, 6) is -0.339. The van der Waals surface area contributed by atoms with Gasteiger partial charge >= 0.3 is 0 Å². The lowest BCUT2D eigenvalue weighted by molar-refractivity contribution is 0.102. The Bertz CT molecular complexity index is 1070. The molecule has 0 saturated heterocycles. The fourth-order valence-electron chi connectivity index (χ4n) is 2.50. The summed E-state index contributed by atoms with van der Waals surface area (Å²) < 4.78 is 2.12. The number of hydrogen-bond acceptors (Lipinski definition) is 5. The van der Waals surface area contributed by atoms with Gasteiger partial charge in [-0.25, -0.2) is 0 Å². The quantitative estimate of drug-likeness (QED) is 0.539. The number of carbonyl (C=O) groups is 1. The molecule has 2 aromatic carbocycles. The van der Waals surface area contributed by atoms with E-state index >= 15 is 0 Å². The van der Waals surface area contributed by atoms with Gasteiger partial charge in [0.05, 0.1) is 23.0 Å². The molecular formula is C19H15BrN6O. The lowest BCUT2D eigenvalue weighted by Gasteiger charge is -2.12. The van der Waals surface area contributed by atoms with E-state index in [4.69, 9.17) is 10.7 Å². The van der Waals surface area contributed by atoms with Gasteiger partial charge in [0.2, 0.25) is 0 Å². The summed E-state index contributed by atoms with van der Waals surface area (Å²) in [6.07, 6.45) is 4.71. The lowest BCUT2D eigenvalue weighted by atomic mass is 10.1. The molecule has 0 spiro atoms. The number of aromatic nitrogens is 2. The summed E-state index contributed by atoms with van der Waals surface area (Å²) in [6, 6.07) is 12.2. The van der Waals surface area contributed by atoms with Crippen molar-refractivity contribution in [3.8, 4) is 6.07 Å². The number of amides is 1. The molecule has 27 heavy (non-hydrogen) atoms. The van der Waals surface area contributed by atoms with Crippen LogP contribution in [0.1, 0.15) is 21.5 Å². The van der Waals surface area contributed by atoms with Gasteiger partial charge < -0.3 is 16.0 Å². The second-order valence-electron chi connectivity index (χ2n) is 5.71.